The molecule has 5 nitrogen and oxygen atoms in total. The Bertz CT molecular complexity index is 1040. The van der Waals surface area contributed by atoms with Crippen LogP contribution < -0.4 is 0 Å². The fourth-order valence-corrected chi connectivity index (χ4v) is 7.16. The number of rotatable bonds is 4. The normalized spacial score (nSPS) is 30.0. The molecule has 3 aliphatic heterocycles. The molecule has 32 heavy (non-hydrogen) atoms. The predicted octanol–water partition coefficient (Wildman–Crippen LogP) is 4.32. The van der Waals surface area contributed by atoms with Crippen LogP contribution in [0, 0.1) is 11.8 Å². The van der Waals surface area contributed by atoms with Gasteiger partial charge in [-0.2, -0.15) is 0 Å². The van der Waals surface area contributed by atoms with Gasteiger partial charge in [0, 0.05) is 43.7 Å². The Kier molecular flexibility index (Phi) is 5.34. The summed E-state index contributed by atoms with van der Waals surface area (Å²) in [5.41, 5.74) is 3.49. The van der Waals surface area contributed by atoms with E-state index >= 15 is 0 Å². The maximum Gasteiger partial charge on any atom is 0.271 e. The van der Waals surface area contributed by atoms with Gasteiger partial charge < -0.3 is 14.2 Å². The van der Waals surface area contributed by atoms with E-state index in [1.807, 2.05) is 0 Å². The number of carbonyl (C=O) groups is 1. The smallest absolute Gasteiger partial charge is 0.271 e. The van der Waals surface area contributed by atoms with E-state index < -0.39 is 0 Å². The molecule has 0 spiro atoms. The van der Waals surface area contributed by atoms with Gasteiger partial charge in [-0.25, -0.2) is 0 Å². The van der Waals surface area contributed by atoms with Crippen molar-refractivity contribution >= 4 is 16.8 Å². The van der Waals surface area contributed by atoms with E-state index in [1.54, 1.807) is 12.7 Å². The molecule has 0 radical (unpaired) electrons. The molecule has 0 N–H and O–H groups in total. The molecule has 4 atom stereocenters. The van der Waals surface area contributed by atoms with E-state index in [0.29, 0.717) is 25.0 Å². The first-order valence-electron chi connectivity index (χ1n) is 12.6. The van der Waals surface area contributed by atoms with Gasteiger partial charge in [0.15, 0.2) is 0 Å². The second-order valence-corrected chi connectivity index (χ2v) is 10.2. The van der Waals surface area contributed by atoms with Gasteiger partial charge in [0.25, 0.3) is 5.91 Å². The average molecular weight is 434 g/mol. The molecular weight excluding hydrogens is 398 g/mol. The molecule has 4 aliphatic rings. The largest absolute Gasteiger partial charge is 0.383 e. The number of methoxy groups -OCH3 is 1. The summed E-state index contributed by atoms with van der Waals surface area (Å²) in [6.07, 6.45) is 10.2. The number of nitrogens with zero attached hydrogens (tertiary/aromatic N) is 3. The van der Waals surface area contributed by atoms with Gasteiger partial charge in [0.1, 0.15) is 5.69 Å². The summed E-state index contributed by atoms with van der Waals surface area (Å²) >= 11 is 0. The fourth-order valence-electron chi connectivity index (χ4n) is 7.16. The highest BCUT2D eigenvalue weighted by Crippen LogP contribution is 2.45. The second-order valence-electron chi connectivity index (χ2n) is 10.2. The van der Waals surface area contributed by atoms with Crippen LogP contribution in [0.15, 0.2) is 42.0 Å². The number of fused-ring (bicyclic) bond motifs is 7. The summed E-state index contributed by atoms with van der Waals surface area (Å²) in [5.74, 6) is 1.48. The topological polar surface area (TPSA) is 37.7 Å². The van der Waals surface area contributed by atoms with Gasteiger partial charge in [-0.1, -0.05) is 36.3 Å². The maximum atomic E-state index is 14.1. The van der Waals surface area contributed by atoms with Crippen molar-refractivity contribution in [2.24, 2.45) is 11.8 Å². The van der Waals surface area contributed by atoms with Crippen LogP contribution in [0.4, 0.5) is 0 Å². The third-order valence-corrected chi connectivity index (χ3v) is 8.47. The van der Waals surface area contributed by atoms with E-state index in [0.717, 1.165) is 35.6 Å². The van der Waals surface area contributed by atoms with Gasteiger partial charge in [-0.15, -0.1) is 0 Å². The van der Waals surface area contributed by atoms with Crippen molar-refractivity contribution in [3.8, 4) is 0 Å². The van der Waals surface area contributed by atoms with Crippen LogP contribution in [0.1, 0.15) is 49.0 Å². The van der Waals surface area contributed by atoms with E-state index in [4.69, 9.17) is 4.74 Å². The maximum absolute atomic E-state index is 14.1. The highest BCUT2D eigenvalue weighted by molar-refractivity contribution is 5.99. The zero-order valence-electron chi connectivity index (χ0n) is 19.2. The lowest BCUT2D eigenvalue weighted by molar-refractivity contribution is 0.00116. The molecular formula is C27H35N3O2. The molecule has 1 aromatic carbocycles. The third kappa shape index (κ3) is 3.32. The van der Waals surface area contributed by atoms with E-state index in [1.165, 1.54) is 45.2 Å². The van der Waals surface area contributed by atoms with Crippen LogP contribution in [0.25, 0.3) is 10.9 Å². The van der Waals surface area contributed by atoms with Crippen molar-refractivity contribution in [3.05, 3.63) is 47.7 Å². The Morgan fingerprint density at radius 3 is 2.97 bits per heavy atom. The molecule has 2 aromatic rings. The summed E-state index contributed by atoms with van der Waals surface area (Å²) in [6.45, 7) is 4.59. The third-order valence-electron chi connectivity index (χ3n) is 8.47. The molecule has 1 aliphatic carbocycles. The van der Waals surface area contributed by atoms with Crippen LogP contribution in [0.3, 0.4) is 0 Å². The Labute approximate surface area is 191 Å². The summed E-state index contributed by atoms with van der Waals surface area (Å²) in [5, 5.41) is 1.14. The summed E-state index contributed by atoms with van der Waals surface area (Å²) in [4.78, 5) is 19.1. The summed E-state index contributed by atoms with van der Waals surface area (Å²) in [7, 11) is 1.73. The minimum Gasteiger partial charge on any atom is -0.383 e. The van der Waals surface area contributed by atoms with Crippen molar-refractivity contribution in [2.45, 2.75) is 57.2 Å². The van der Waals surface area contributed by atoms with Crippen molar-refractivity contribution in [1.82, 2.24) is 14.4 Å². The quantitative estimate of drug-likeness (QED) is 0.674. The highest BCUT2D eigenvalue weighted by atomic mass is 16.5. The molecule has 0 unspecified atom stereocenters. The zero-order chi connectivity index (χ0) is 21.7. The molecule has 1 amide bonds. The lowest BCUT2D eigenvalue weighted by Gasteiger charge is -2.54. The van der Waals surface area contributed by atoms with Gasteiger partial charge in [-0.3, -0.25) is 9.69 Å². The standard InChI is InChI=1S/C27H35N3O2/c1-32-14-13-29-24-10-3-2-7-19(24)17-25(29)27(31)30-12-6-8-20-15-21-16-22(26(20)30)18-28-11-5-4-9-23(21)28/h2-3,7,10,15,17,21-23,26H,4-6,8-9,11-14,16,18H2,1H3/t21-,22+,23+,26-/m0/s1. The minimum absolute atomic E-state index is 0.201. The van der Waals surface area contributed by atoms with E-state index in [-0.39, 0.29) is 11.9 Å². The number of para-hydroxylation sites is 1. The predicted molar refractivity (Wildman–Crippen MR) is 127 cm³/mol. The number of hydrogen-bond donors (Lipinski definition) is 0. The van der Waals surface area contributed by atoms with Crippen LogP contribution in [0.5, 0.6) is 0 Å². The monoisotopic (exact) mass is 433 g/mol. The number of ether oxygens (including phenoxy) is 1. The Morgan fingerprint density at radius 2 is 2.06 bits per heavy atom. The summed E-state index contributed by atoms with van der Waals surface area (Å²) in [6, 6.07) is 11.5. The van der Waals surface area contributed by atoms with Crippen molar-refractivity contribution in [3.63, 3.8) is 0 Å². The second kappa shape index (κ2) is 8.35. The van der Waals surface area contributed by atoms with E-state index in [2.05, 4.69) is 50.8 Å². The number of aromatic nitrogens is 1. The zero-order valence-corrected chi connectivity index (χ0v) is 19.2. The number of benzene rings is 1. The first kappa shape index (κ1) is 20.5. The highest BCUT2D eigenvalue weighted by Gasteiger charge is 2.47. The van der Waals surface area contributed by atoms with Crippen molar-refractivity contribution in [2.75, 3.05) is 33.4 Å². The molecule has 0 saturated carbocycles. The Balaban J connectivity index is 1.35. The van der Waals surface area contributed by atoms with Crippen molar-refractivity contribution in [1.29, 1.82) is 0 Å². The summed E-state index contributed by atoms with van der Waals surface area (Å²) < 4.78 is 7.55. The number of likely N-dealkylation sites (tertiary alicyclic amines) is 1. The fraction of sp³-hybridized carbons (Fsp3) is 0.593. The molecule has 170 valence electrons. The Hall–Kier alpha value is -2.11. The molecule has 3 fully saturated rings. The number of carbonyl (C=O) groups excluding carboxylic acids is 1. The lowest BCUT2D eigenvalue weighted by Crippen LogP contribution is -2.60. The van der Waals surface area contributed by atoms with Crippen LogP contribution in [0.2, 0.25) is 0 Å². The number of hydrogen-bond acceptors (Lipinski definition) is 3. The van der Waals surface area contributed by atoms with Gasteiger partial charge in [-0.05, 0) is 62.6 Å². The number of piperidine rings is 3. The molecule has 6 rings (SSSR count). The van der Waals surface area contributed by atoms with Gasteiger partial charge in [0.05, 0.1) is 12.6 Å². The van der Waals surface area contributed by atoms with Crippen LogP contribution >= 0.6 is 0 Å². The first-order valence-corrected chi connectivity index (χ1v) is 12.6. The number of amides is 1. The van der Waals surface area contributed by atoms with Gasteiger partial charge >= 0.3 is 0 Å². The minimum atomic E-state index is 0.201. The molecule has 2 bridgehead atoms. The lowest BCUT2D eigenvalue weighted by atomic mass is 9.68. The van der Waals surface area contributed by atoms with Gasteiger partial charge in [0.2, 0.25) is 0 Å². The van der Waals surface area contributed by atoms with Crippen LogP contribution in [-0.2, 0) is 11.3 Å². The Morgan fingerprint density at radius 1 is 1.16 bits per heavy atom. The average Bonchev–Trinajstić information content (AvgIpc) is 3.20. The van der Waals surface area contributed by atoms with Crippen LogP contribution in [-0.4, -0.2) is 65.7 Å². The van der Waals surface area contributed by atoms with Crippen molar-refractivity contribution < 1.29 is 9.53 Å². The van der Waals surface area contributed by atoms with E-state index in [9.17, 15) is 4.79 Å². The molecule has 5 heteroatoms. The molecule has 3 saturated heterocycles. The first-order chi connectivity index (χ1) is 15.7. The molecule has 4 heterocycles. The molecule has 1 aromatic heterocycles. The SMILES string of the molecule is COCCn1c(C(=O)N2CCCC3=C[C@H]4C[C@H](CN5CCCC[C@H]45)[C@H]32)cc2ccccc21.